The molecule has 0 aliphatic carbocycles. The first-order valence-corrected chi connectivity index (χ1v) is 7.45. The van der Waals surface area contributed by atoms with Crippen LogP contribution in [0.25, 0.3) is 11.4 Å². The average Bonchev–Trinajstić information content (AvgIpc) is 2.86. The predicted molar refractivity (Wildman–Crippen MR) is 81.2 cm³/mol. The summed E-state index contributed by atoms with van der Waals surface area (Å²) in [6.07, 6.45) is 0. The highest BCUT2D eigenvalue weighted by molar-refractivity contribution is 7.99. The van der Waals surface area contributed by atoms with Gasteiger partial charge in [-0.15, -0.1) is 10.2 Å². The molecule has 0 aliphatic heterocycles. The van der Waals surface area contributed by atoms with Crippen molar-refractivity contribution in [2.45, 2.75) is 5.16 Å². The summed E-state index contributed by atoms with van der Waals surface area (Å²) in [5, 5.41) is 10.9. The summed E-state index contributed by atoms with van der Waals surface area (Å²) in [7, 11) is 1.56. The number of hydrogen-bond acceptors (Lipinski definition) is 6. The minimum absolute atomic E-state index is 0.155. The summed E-state index contributed by atoms with van der Waals surface area (Å²) in [5.41, 5.74) is 0.520. The van der Waals surface area contributed by atoms with E-state index in [1.54, 1.807) is 19.2 Å². The minimum Gasteiger partial charge on any atom is -0.383 e. The van der Waals surface area contributed by atoms with Crippen molar-refractivity contribution in [3.05, 3.63) is 30.1 Å². The molecule has 0 radical (unpaired) electrons. The largest absolute Gasteiger partial charge is 0.383 e. The molecule has 0 atom stereocenters. The Morgan fingerprint density at radius 2 is 2.32 bits per heavy atom. The van der Waals surface area contributed by atoms with Crippen LogP contribution >= 0.6 is 11.8 Å². The van der Waals surface area contributed by atoms with E-state index in [9.17, 15) is 9.18 Å². The molecular formula is C13H16FN5O2S. The number of nitrogen functional groups attached to an aromatic ring is 1. The number of nitrogens with two attached hydrogens (primary N) is 1. The summed E-state index contributed by atoms with van der Waals surface area (Å²) in [5.74, 6) is 5.84. The number of nitrogens with zero attached hydrogens (tertiary/aromatic N) is 3. The van der Waals surface area contributed by atoms with Crippen molar-refractivity contribution in [1.29, 1.82) is 0 Å². The number of methoxy groups -OCH3 is 1. The van der Waals surface area contributed by atoms with E-state index in [2.05, 4.69) is 15.5 Å². The van der Waals surface area contributed by atoms with Crippen molar-refractivity contribution < 1.29 is 13.9 Å². The van der Waals surface area contributed by atoms with E-state index in [0.29, 0.717) is 29.7 Å². The lowest BCUT2D eigenvalue weighted by Crippen LogP contribution is -2.28. The van der Waals surface area contributed by atoms with E-state index in [-0.39, 0.29) is 17.5 Å². The number of carbonyl (C=O) groups excluding carboxylic acids is 1. The van der Waals surface area contributed by atoms with Gasteiger partial charge in [0.2, 0.25) is 11.1 Å². The Morgan fingerprint density at radius 1 is 1.50 bits per heavy atom. The summed E-state index contributed by atoms with van der Waals surface area (Å²) >= 11 is 1.15. The van der Waals surface area contributed by atoms with Crippen LogP contribution < -0.4 is 11.2 Å². The third-order valence-electron chi connectivity index (χ3n) is 2.71. The number of ether oxygens (including phenoxy) is 1. The minimum atomic E-state index is -0.382. The van der Waals surface area contributed by atoms with Crippen molar-refractivity contribution in [2.24, 2.45) is 0 Å². The van der Waals surface area contributed by atoms with Gasteiger partial charge in [0.05, 0.1) is 12.4 Å². The molecule has 1 amide bonds. The van der Waals surface area contributed by atoms with Crippen molar-refractivity contribution >= 4 is 17.7 Å². The number of amides is 1. The van der Waals surface area contributed by atoms with Gasteiger partial charge in [0, 0.05) is 19.2 Å². The molecule has 7 nitrogen and oxygen atoms in total. The molecule has 2 rings (SSSR count). The molecule has 0 fully saturated rings. The molecule has 0 unspecified atom stereocenters. The third-order valence-corrected chi connectivity index (χ3v) is 3.65. The van der Waals surface area contributed by atoms with Crippen LogP contribution in [0.3, 0.4) is 0 Å². The topological polar surface area (TPSA) is 95.1 Å². The lowest BCUT2D eigenvalue weighted by atomic mass is 10.2. The van der Waals surface area contributed by atoms with Crippen LogP contribution in [0.15, 0.2) is 29.4 Å². The molecule has 0 bridgehead atoms. The molecule has 1 aromatic carbocycles. The Morgan fingerprint density at radius 3 is 3.05 bits per heavy atom. The number of rotatable bonds is 7. The quantitative estimate of drug-likeness (QED) is 0.441. The number of benzene rings is 1. The Balaban J connectivity index is 1.98. The number of thioether (sulfide) groups is 1. The Hall–Kier alpha value is -2.13. The fraction of sp³-hybridized carbons (Fsp3) is 0.308. The highest BCUT2D eigenvalue weighted by Gasteiger charge is 2.14. The smallest absolute Gasteiger partial charge is 0.230 e. The van der Waals surface area contributed by atoms with Gasteiger partial charge in [0.25, 0.3) is 0 Å². The normalized spacial score (nSPS) is 10.6. The maximum absolute atomic E-state index is 13.2. The maximum Gasteiger partial charge on any atom is 0.230 e. The number of aromatic nitrogens is 3. The number of halogens is 1. The first kappa shape index (κ1) is 16.2. The predicted octanol–water partition coefficient (Wildman–Crippen LogP) is 0.653. The lowest BCUT2D eigenvalue weighted by Gasteiger charge is -2.05. The van der Waals surface area contributed by atoms with Gasteiger partial charge in [0.15, 0.2) is 5.82 Å². The monoisotopic (exact) mass is 325 g/mol. The SMILES string of the molecule is COCCNC(=O)CSc1nnc(-c2cccc(F)c2)n1N. The molecule has 0 saturated heterocycles. The Labute approximate surface area is 131 Å². The van der Waals surface area contributed by atoms with Gasteiger partial charge in [0.1, 0.15) is 5.82 Å². The molecular weight excluding hydrogens is 309 g/mol. The number of hydrogen-bond donors (Lipinski definition) is 2. The van der Waals surface area contributed by atoms with Crippen LogP contribution in [-0.2, 0) is 9.53 Å². The fourth-order valence-electron chi connectivity index (χ4n) is 1.67. The van der Waals surface area contributed by atoms with Crippen LogP contribution in [0.1, 0.15) is 0 Å². The Bertz CT molecular complexity index is 649. The second kappa shape index (κ2) is 7.76. The van der Waals surface area contributed by atoms with Crippen LogP contribution in [-0.4, -0.2) is 46.8 Å². The van der Waals surface area contributed by atoms with Gasteiger partial charge >= 0.3 is 0 Å². The second-order valence-corrected chi connectivity index (χ2v) is 5.26. The summed E-state index contributed by atoms with van der Waals surface area (Å²) in [6.45, 7) is 0.896. The van der Waals surface area contributed by atoms with Crippen LogP contribution in [0.2, 0.25) is 0 Å². The zero-order valence-corrected chi connectivity index (χ0v) is 12.8. The molecule has 3 N–H and O–H groups in total. The van der Waals surface area contributed by atoms with Gasteiger partial charge in [-0.3, -0.25) is 4.79 Å². The first-order chi connectivity index (χ1) is 10.6. The molecule has 118 valence electrons. The van der Waals surface area contributed by atoms with E-state index in [1.165, 1.54) is 16.8 Å². The third kappa shape index (κ3) is 4.18. The summed E-state index contributed by atoms with van der Waals surface area (Å²) in [6, 6.07) is 5.90. The van der Waals surface area contributed by atoms with Crippen LogP contribution in [0.4, 0.5) is 4.39 Å². The van der Waals surface area contributed by atoms with E-state index in [4.69, 9.17) is 10.6 Å². The molecule has 9 heteroatoms. The molecule has 0 aliphatic rings. The van der Waals surface area contributed by atoms with Gasteiger partial charge in [-0.2, -0.15) is 0 Å². The number of nitrogens with one attached hydrogen (secondary N) is 1. The molecule has 2 aromatic rings. The zero-order valence-electron chi connectivity index (χ0n) is 12.0. The van der Waals surface area contributed by atoms with Crippen molar-refractivity contribution in [3.63, 3.8) is 0 Å². The standard InChI is InChI=1S/C13H16FN5O2S/c1-21-6-5-16-11(20)8-22-13-18-17-12(19(13)15)9-3-2-4-10(14)7-9/h2-4,7H,5-6,8,15H2,1H3,(H,16,20). The first-order valence-electron chi connectivity index (χ1n) is 6.46. The maximum atomic E-state index is 13.2. The fourth-order valence-corrected chi connectivity index (χ4v) is 2.36. The highest BCUT2D eigenvalue weighted by atomic mass is 32.2. The van der Waals surface area contributed by atoms with Crippen molar-refractivity contribution in [3.8, 4) is 11.4 Å². The number of carbonyl (C=O) groups is 1. The van der Waals surface area contributed by atoms with Gasteiger partial charge in [-0.05, 0) is 12.1 Å². The van der Waals surface area contributed by atoms with Gasteiger partial charge in [-0.1, -0.05) is 23.9 Å². The molecule has 22 heavy (non-hydrogen) atoms. The van der Waals surface area contributed by atoms with Gasteiger partial charge in [-0.25, -0.2) is 9.07 Å². The van der Waals surface area contributed by atoms with E-state index < -0.39 is 0 Å². The van der Waals surface area contributed by atoms with E-state index >= 15 is 0 Å². The van der Waals surface area contributed by atoms with E-state index in [1.807, 2.05) is 0 Å². The summed E-state index contributed by atoms with van der Waals surface area (Å²) in [4.78, 5) is 11.6. The van der Waals surface area contributed by atoms with Crippen molar-refractivity contribution in [1.82, 2.24) is 20.2 Å². The van der Waals surface area contributed by atoms with Crippen molar-refractivity contribution in [2.75, 3.05) is 31.9 Å². The molecule has 0 saturated carbocycles. The average molecular weight is 325 g/mol. The lowest BCUT2D eigenvalue weighted by molar-refractivity contribution is -0.118. The van der Waals surface area contributed by atoms with Gasteiger partial charge < -0.3 is 15.9 Å². The summed E-state index contributed by atoms with van der Waals surface area (Å²) < 4.78 is 19.3. The second-order valence-electron chi connectivity index (χ2n) is 4.32. The Kier molecular flexibility index (Phi) is 5.73. The molecule has 0 spiro atoms. The zero-order chi connectivity index (χ0) is 15.9. The van der Waals surface area contributed by atoms with Crippen LogP contribution in [0, 0.1) is 5.82 Å². The van der Waals surface area contributed by atoms with Crippen LogP contribution in [0.5, 0.6) is 0 Å². The van der Waals surface area contributed by atoms with E-state index in [0.717, 1.165) is 11.8 Å². The molecule has 1 heterocycles. The molecule has 1 aromatic heterocycles. The highest BCUT2D eigenvalue weighted by Crippen LogP contribution is 2.21.